The van der Waals surface area contributed by atoms with Crippen LogP contribution in [0.4, 0.5) is 4.39 Å². The van der Waals surface area contributed by atoms with Crippen LogP contribution in [0.15, 0.2) is 29.4 Å². The van der Waals surface area contributed by atoms with Crippen LogP contribution >= 0.6 is 11.8 Å². The van der Waals surface area contributed by atoms with Crippen LogP contribution in [-0.2, 0) is 18.4 Å². The Morgan fingerprint density at radius 2 is 2.16 bits per heavy atom. The zero-order valence-electron chi connectivity index (χ0n) is 10.2. The summed E-state index contributed by atoms with van der Waals surface area (Å²) >= 11 is 1.25. The van der Waals surface area contributed by atoms with Crippen molar-refractivity contribution in [2.24, 2.45) is 7.05 Å². The molecule has 0 spiro atoms. The lowest BCUT2D eigenvalue weighted by atomic mass is 10.2. The van der Waals surface area contributed by atoms with Crippen molar-refractivity contribution in [1.29, 1.82) is 0 Å². The number of thioether (sulfide) groups is 1. The third-order valence-electron chi connectivity index (χ3n) is 2.32. The fourth-order valence-electron chi connectivity index (χ4n) is 1.33. The number of amides is 1. The molecule has 0 saturated heterocycles. The molecule has 0 aliphatic heterocycles. The van der Waals surface area contributed by atoms with Crippen LogP contribution in [0.25, 0.3) is 0 Å². The minimum atomic E-state index is -0.291. The summed E-state index contributed by atoms with van der Waals surface area (Å²) in [5.74, 6) is -0.187. The summed E-state index contributed by atoms with van der Waals surface area (Å²) in [4.78, 5) is 11.6. The maximum Gasteiger partial charge on any atom is 0.230 e. The van der Waals surface area contributed by atoms with E-state index in [1.54, 1.807) is 19.2 Å². The van der Waals surface area contributed by atoms with Gasteiger partial charge in [0.2, 0.25) is 11.1 Å². The number of halogens is 1. The predicted molar refractivity (Wildman–Crippen MR) is 67.8 cm³/mol. The molecule has 1 aromatic carbocycles. The summed E-state index contributed by atoms with van der Waals surface area (Å²) < 4.78 is 14.2. The standard InChI is InChI=1S/C11H12FN5OS/c1-17-11(14-15-16-17)19-7-10(18)13-6-8-2-4-9(12)5-3-8/h2-5H,6-7H2,1H3,(H,13,18). The number of tetrazole rings is 1. The maximum atomic E-state index is 12.7. The third kappa shape index (κ3) is 4.02. The van der Waals surface area contributed by atoms with Gasteiger partial charge in [-0.15, -0.1) is 5.10 Å². The summed E-state index contributed by atoms with van der Waals surface area (Å²) in [6.07, 6.45) is 0. The van der Waals surface area contributed by atoms with Gasteiger partial charge in [-0.25, -0.2) is 9.07 Å². The van der Waals surface area contributed by atoms with Gasteiger partial charge in [0.25, 0.3) is 0 Å². The lowest BCUT2D eigenvalue weighted by molar-refractivity contribution is -0.118. The third-order valence-corrected chi connectivity index (χ3v) is 3.33. The van der Waals surface area contributed by atoms with E-state index in [0.29, 0.717) is 11.7 Å². The van der Waals surface area contributed by atoms with Gasteiger partial charge in [0.1, 0.15) is 5.82 Å². The van der Waals surface area contributed by atoms with Crippen molar-refractivity contribution in [3.8, 4) is 0 Å². The van der Waals surface area contributed by atoms with Crippen molar-refractivity contribution >= 4 is 17.7 Å². The largest absolute Gasteiger partial charge is 0.351 e. The van der Waals surface area contributed by atoms with E-state index in [9.17, 15) is 9.18 Å². The summed E-state index contributed by atoms with van der Waals surface area (Å²) in [6.45, 7) is 0.372. The van der Waals surface area contributed by atoms with Crippen LogP contribution in [0.3, 0.4) is 0 Å². The van der Waals surface area contributed by atoms with Crippen LogP contribution in [0, 0.1) is 5.82 Å². The SMILES string of the molecule is Cn1nnnc1SCC(=O)NCc1ccc(F)cc1. The van der Waals surface area contributed by atoms with Gasteiger partial charge in [-0.3, -0.25) is 4.79 Å². The lowest BCUT2D eigenvalue weighted by Crippen LogP contribution is -2.24. The van der Waals surface area contributed by atoms with Crippen molar-refractivity contribution in [3.05, 3.63) is 35.6 Å². The van der Waals surface area contributed by atoms with Crippen LogP contribution in [-0.4, -0.2) is 31.9 Å². The number of carbonyl (C=O) groups excluding carboxylic acids is 1. The molecule has 100 valence electrons. The first-order valence-electron chi connectivity index (χ1n) is 5.51. The number of aromatic nitrogens is 4. The molecular weight excluding hydrogens is 269 g/mol. The topological polar surface area (TPSA) is 72.7 Å². The van der Waals surface area contributed by atoms with Gasteiger partial charge in [-0.2, -0.15) is 0 Å². The molecule has 1 aromatic heterocycles. The van der Waals surface area contributed by atoms with Gasteiger partial charge in [-0.05, 0) is 28.1 Å². The maximum absolute atomic E-state index is 12.7. The number of carbonyl (C=O) groups is 1. The van der Waals surface area contributed by atoms with Crippen LogP contribution in [0.2, 0.25) is 0 Å². The quantitative estimate of drug-likeness (QED) is 0.819. The normalized spacial score (nSPS) is 10.4. The number of benzene rings is 1. The molecule has 6 nitrogen and oxygen atoms in total. The first kappa shape index (κ1) is 13.5. The second-order valence-electron chi connectivity index (χ2n) is 3.78. The highest BCUT2D eigenvalue weighted by atomic mass is 32.2. The number of hydrogen-bond donors (Lipinski definition) is 1. The van der Waals surface area contributed by atoms with Gasteiger partial charge in [0.15, 0.2) is 0 Å². The fourth-order valence-corrected chi connectivity index (χ4v) is 2.01. The molecule has 0 bridgehead atoms. The van der Waals surface area contributed by atoms with E-state index in [2.05, 4.69) is 20.8 Å². The van der Waals surface area contributed by atoms with Crippen LogP contribution in [0.5, 0.6) is 0 Å². The van der Waals surface area contributed by atoms with Crippen molar-refractivity contribution in [3.63, 3.8) is 0 Å². The van der Waals surface area contributed by atoms with Gasteiger partial charge in [-0.1, -0.05) is 23.9 Å². The summed E-state index contributed by atoms with van der Waals surface area (Å²) in [5.41, 5.74) is 0.847. The molecule has 0 radical (unpaired) electrons. The Kier molecular flexibility index (Phi) is 4.45. The molecule has 0 fully saturated rings. The molecule has 2 aromatic rings. The predicted octanol–water partition coefficient (Wildman–Crippen LogP) is 0.758. The van der Waals surface area contributed by atoms with E-state index in [0.717, 1.165) is 5.56 Å². The van der Waals surface area contributed by atoms with Gasteiger partial charge in [0.05, 0.1) is 5.75 Å². The van der Waals surface area contributed by atoms with Crippen molar-refractivity contribution in [2.75, 3.05) is 5.75 Å². The number of aryl methyl sites for hydroxylation is 1. The Balaban J connectivity index is 1.76. The Bertz CT molecular complexity index is 556. The van der Waals surface area contributed by atoms with E-state index in [4.69, 9.17) is 0 Å². The van der Waals surface area contributed by atoms with E-state index in [-0.39, 0.29) is 17.5 Å². The van der Waals surface area contributed by atoms with Gasteiger partial charge >= 0.3 is 0 Å². The molecule has 0 aliphatic carbocycles. The van der Waals surface area contributed by atoms with Crippen molar-refractivity contribution in [1.82, 2.24) is 25.5 Å². The van der Waals surface area contributed by atoms with Crippen molar-refractivity contribution in [2.45, 2.75) is 11.7 Å². The van der Waals surface area contributed by atoms with Crippen LogP contribution < -0.4 is 5.32 Å². The summed E-state index contributed by atoms with van der Waals surface area (Å²) in [6, 6.07) is 5.99. The van der Waals surface area contributed by atoms with Crippen molar-refractivity contribution < 1.29 is 9.18 Å². The van der Waals surface area contributed by atoms with Gasteiger partial charge in [0, 0.05) is 13.6 Å². The molecule has 0 unspecified atom stereocenters. The molecule has 19 heavy (non-hydrogen) atoms. The van der Waals surface area contributed by atoms with Gasteiger partial charge < -0.3 is 5.32 Å². The highest BCUT2D eigenvalue weighted by molar-refractivity contribution is 7.99. The fraction of sp³-hybridized carbons (Fsp3) is 0.273. The zero-order chi connectivity index (χ0) is 13.7. The second kappa shape index (κ2) is 6.28. The van der Waals surface area contributed by atoms with E-state index in [1.807, 2.05) is 0 Å². The molecule has 1 heterocycles. The average Bonchev–Trinajstić information content (AvgIpc) is 2.81. The molecule has 2 rings (SSSR count). The first-order valence-corrected chi connectivity index (χ1v) is 6.50. The first-order chi connectivity index (χ1) is 9.15. The molecule has 0 atom stereocenters. The number of hydrogen-bond acceptors (Lipinski definition) is 5. The monoisotopic (exact) mass is 281 g/mol. The Hall–Kier alpha value is -1.96. The molecule has 1 amide bonds. The Labute approximate surface area is 113 Å². The number of nitrogens with one attached hydrogen (secondary N) is 1. The number of nitrogens with zero attached hydrogens (tertiary/aromatic N) is 4. The minimum absolute atomic E-state index is 0.127. The average molecular weight is 281 g/mol. The summed E-state index contributed by atoms with van der Waals surface area (Å²) in [5, 5.41) is 14.2. The molecule has 0 aliphatic rings. The molecule has 0 saturated carbocycles. The number of rotatable bonds is 5. The molecular formula is C11H12FN5OS. The summed E-state index contributed by atoms with van der Waals surface area (Å²) in [7, 11) is 1.71. The minimum Gasteiger partial charge on any atom is -0.351 e. The van der Waals surface area contributed by atoms with Crippen LogP contribution in [0.1, 0.15) is 5.56 Å². The lowest BCUT2D eigenvalue weighted by Gasteiger charge is -2.04. The molecule has 8 heteroatoms. The molecule has 1 N–H and O–H groups in total. The van der Waals surface area contributed by atoms with E-state index < -0.39 is 0 Å². The zero-order valence-corrected chi connectivity index (χ0v) is 11.0. The second-order valence-corrected chi connectivity index (χ2v) is 4.72. The Morgan fingerprint density at radius 1 is 1.42 bits per heavy atom. The smallest absolute Gasteiger partial charge is 0.230 e. The van der Waals surface area contributed by atoms with E-state index >= 15 is 0 Å². The Morgan fingerprint density at radius 3 is 2.79 bits per heavy atom. The van der Waals surface area contributed by atoms with E-state index in [1.165, 1.54) is 28.6 Å². The highest BCUT2D eigenvalue weighted by Crippen LogP contribution is 2.11. The highest BCUT2D eigenvalue weighted by Gasteiger charge is 2.07.